The number of carboxylic acids is 1. The van der Waals surface area contributed by atoms with Crippen molar-refractivity contribution in [3.63, 3.8) is 0 Å². The van der Waals surface area contributed by atoms with E-state index in [0.717, 1.165) is 23.7 Å². The Hall–Kier alpha value is -2.37. The molecule has 1 aromatic carbocycles. The van der Waals surface area contributed by atoms with Crippen molar-refractivity contribution < 1.29 is 14.7 Å². The van der Waals surface area contributed by atoms with E-state index in [1.165, 1.54) is 0 Å². The van der Waals surface area contributed by atoms with Gasteiger partial charge in [-0.05, 0) is 18.9 Å². The van der Waals surface area contributed by atoms with Gasteiger partial charge < -0.3 is 10.0 Å². The van der Waals surface area contributed by atoms with Crippen molar-refractivity contribution in [1.82, 2.24) is 14.7 Å². The van der Waals surface area contributed by atoms with E-state index in [-0.39, 0.29) is 25.0 Å². The molecule has 1 saturated carbocycles. The third-order valence-corrected chi connectivity index (χ3v) is 4.04. The number of fused-ring (bicyclic) bond motifs is 1. The molecule has 1 aliphatic carbocycles. The van der Waals surface area contributed by atoms with Crippen LogP contribution in [-0.4, -0.2) is 44.3 Å². The fourth-order valence-corrected chi connectivity index (χ4v) is 2.58. The summed E-state index contributed by atoms with van der Waals surface area (Å²) in [7, 11) is 0. The Morgan fingerprint density at radius 2 is 2.14 bits per heavy atom. The number of carbonyl (C=O) groups excluding carboxylic acids is 1. The number of para-hydroxylation sites is 1. The Kier molecular flexibility index (Phi) is 3.83. The van der Waals surface area contributed by atoms with Crippen LogP contribution in [0.3, 0.4) is 0 Å². The second kappa shape index (κ2) is 5.79. The number of aromatic nitrogens is 2. The van der Waals surface area contributed by atoms with E-state index in [9.17, 15) is 9.59 Å². The molecule has 0 saturated heterocycles. The minimum absolute atomic E-state index is 0.0653. The molecule has 1 aromatic heterocycles. The lowest BCUT2D eigenvalue weighted by Crippen LogP contribution is -2.40. The predicted molar refractivity (Wildman–Crippen MR) is 81.3 cm³/mol. The molecule has 1 aliphatic rings. The Bertz CT molecular complexity index is 705. The van der Waals surface area contributed by atoms with Gasteiger partial charge in [0.1, 0.15) is 6.54 Å². The summed E-state index contributed by atoms with van der Waals surface area (Å²) in [5, 5.41) is 14.3. The highest BCUT2D eigenvalue weighted by Gasteiger charge is 2.34. The predicted octanol–water partition coefficient (Wildman–Crippen LogP) is 1.75. The zero-order valence-electron chi connectivity index (χ0n) is 12.5. The minimum Gasteiger partial charge on any atom is -0.481 e. The molecular weight excluding hydrogens is 282 g/mol. The van der Waals surface area contributed by atoms with Crippen LogP contribution in [0.1, 0.15) is 19.8 Å². The molecule has 0 bridgehead atoms. The zero-order valence-corrected chi connectivity index (χ0v) is 12.5. The lowest BCUT2D eigenvalue weighted by molar-refractivity contribution is -0.143. The normalized spacial score (nSPS) is 15.7. The maximum Gasteiger partial charge on any atom is 0.308 e. The Labute approximate surface area is 128 Å². The number of aliphatic carboxylic acids is 1. The molecule has 2 aromatic rings. The third-order valence-electron chi connectivity index (χ3n) is 4.04. The van der Waals surface area contributed by atoms with Crippen molar-refractivity contribution in [3.05, 3.63) is 30.5 Å². The van der Waals surface area contributed by atoms with Crippen molar-refractivity contribution in [2.24, 2.45) is 5.92 Å². The van der Waals surface area contributed by atoms with Crippen LogP contribution in [0.5, 0.6) is 0 Å². The quantitative estimate of drug-likeness (QED) is 0.882. The number of benzene rings is 1. The lowest BCUT2D eigenvalue weighted by atomic mass is 10.1. The van der Waals surface area contributed by atoms with E-state index in [1.54, 1.807) is 22.7 Å². The molecule has 116 valence electrons. The summed E-state index contributed by atoms with van der Waals surface area (Å²) in [6.07, 6.45) is 3.65. The average molecular weight is 301 g/mol. The SMILES string of the molecule is C[C@@H](CN(C(=O)Cn1ncc2ccccc21)C1CC1)C(=O)O. The van der Waals surface area contributed by atoms with Crippen molar-refractivity contribution in [3.8, 4) is 0 Å². The number of carbonyl (C=O) groups is 2. The maximum absolute atomic E-state index is 12.6. The number of amides is 1. The molecule has 1 atom stereocenters. The molecule has 0 radical (unpaired) electrons. The first-order valence-corrected chi connectivity index (χ1v) is 7.49. The molecule has 1 amide bonds. The van der Waals surface area contributed by atoms with Crippen molar-refractivity contribution in [1.29, 1.82) is 0 Å². The van der Waals surface area contributed by atoms with Crippen LogP contribution in [-0.2, 0) is 16.1 Å². The number of nitrogens with zero attached hydrogens (tertiary/aromatic N) is 3. The molecule has 1 heterocycles. The molecule has 6 nitrogen and oxygen atoms in total. The number of carboxylic acid groups (broad SMARTS) is 1. The smallest absolute Gasteiger partial charge is 0.308 e. The second-order valence-electron chi connectivity index (χ2n) is 5.88. The number of hydrogen-bond donors (Lipinski definition) is 1. The van der Waals surface area contributed by atoms with Crippen LogP contribution in [0, 0.1) is 5.92 Å². The summed E-state index contributed by atoms with van der Waals surface area (Å²) >= 11 is 0. The van der Waals surface area contributed by atoms with Crippen LogP contribution in [0.15, 0.2) is 30.5 Å². The topological polar surface area (TPSA) is 75.4 Å². The van der Waals surface area contributed by atoms with Gasteiger partial charge in [0, 0.05) is 18.0 Å². The van der Waals surface area contributed by atoms with Gasteiger partial charge in [-0.2, -0.15) is 5.10 Å². The monoisotopic (exact) mass is 301 g/mol. The maximum atomic E-state index is 12.6. The summed E-state index contributed by atoms with van der Waals surface area (Å²) < 4.78 is 1.68. The lowest BCUT2D eigenvalue weighted by Gasteiger charge is -2.24. The fourth-order valence-electron chi connectivity index (χ4n) is 2.58. The third kappa shape index (κ3) is 2.95. The van der Waals surface area contributed by atoms with Crippen LogP contribution >= 0.6 is 0 Å². The van der Waals surface area contributed by atoms with Crippen LogP contribution < -0.4 is 0 Å². The summed E-state index contributed by atoms with van der Waals surface area (Å²) in [6.45, 7) is 2.04. The zero-order chi connectivity index (χ0) is 15.7. The Morgan fingerprint density at radius 3 is 2.82 bits per heavy atom. The molecule has 22 heavy (non-hydrogen) atoms. The van der Waals surface area contributed by atoms with E-state index in [1.807, 2.05) is 24.3 Å². The van der Waals surface area contributed by atoms with Gasteiger partial charge >= 0.3 is 5.97 Å². The van der Waals surface area contributed by atoms with Gasteiger partial charge in [-0.25, -0.2) is 0 Å². The van der Waals surface area contributed by atoms with E-state index >= 15 is 0 Å². The van der Waals surface area contributed by atoms with Crippen molar-refractivity contribution in [2.75, 3.05) is 6.54 Å². The largest absolute Gasteiger partial charge is 0.481 e. The van der Waals surface area contributed by atoms with Crippen LogP contribution in [0.4, 0.5) is 0 Å². The highest BCUT2D eigenvalue weighted by Crippen LogP contribution is 2.28. The summed E-state index contributed by atoms with van der Waals surface area (Å²) in [4.78, 5) is 25.3. The van der Waals surface area contributed by atoms with Crippen LogP contribution in [0.25, 0.3) is 10.9 Å². The molecule has 6 heteroatoms. The van der Waals surface area contributed by atoms with E-state index in [4.69, 9.17) is 5.11 Å². The first-order valence-electron chi connectivity index (χ1n) is 7.49. The van der Waals surface area contributed by atoms with Gasteiger partial charge in [-0.15, -0.1) is 0 Å². The Balaban J connectivity index is 1.75. The summed E-state index contributed by atoms with van der Waals surface area (Å²) in [5.74, 6) is -1.49. The average Bonchev–Trinajstić information content (AvgIpc) is 3.26. The molecule has 3 rings (SSSR count). The van der Waals surface area contributed by atoms with Gasteiger partial charge in [0.25, 0.3) is 0 Å². The number of hydrogen-bond acceptors (Lipinski definition) is 3. The molecule has 0 spiro atoms. The van der Waals surface area contributed by atoms with Gasteiger partial charge in [0.2, 0.25) is 5.91 Å². The standard InChI is InChI=1S/C16H19N3O3/c1-11(16(21)22)9-18(13-6-7-13)15(20)10-19-14-5-3-2-4-12(14)8-17-19/h2-5,8,11,13H,6-7,9-10H2,1H3,(H,21,22)/t11-/m0/s1. The minimum atomic E-state index is -0.872. The van der Waals surface area contributed by atoms with E-state index < -0.39 is 11.9 Å². The highest BCUT2D eigenvalue weighted by molar-refractivity contribution is 5.82. The highest BCUT2D eigenvalue weighted by atomic mass is 16.4. The van der Waals surface area contributed by atoms with Gasteiger partial charge in [0.15, 0.2) is 0 Å². The second-order valence-corrected chi connectivity index (χ2v) is 5.88. The molecule has 1 N–H and O–H groups in total. The fraction of sp³-hybridized carbons (Fsp3) is 0.438. The van der Waals surface area contributed by atoms with Crippen LogP contribution in [0.2, 0.25) is 0 Å². The first kappa shape index (κ1) is 14.6. The molecular formula is C16H19N3O3. The molecule has 1 fully saturated rings. The first-order chi connectivity index (χ1) is 10.6. The van der Waals surface area contributed by atoms with E-state index in [2.05, 4.69) is 5.10 Å². The summed E-state index contributed by atoms with van der Waals surface area (Å²) in [5.41, 5.74) is 0.915. The molecule has 0 aliphatic heterocycles. The van der Waals surface area contributed by atoms with Crippen molar-refractivity contribution >= 4 is 22.8 Å². The summed E-state index contributed by atoms with van der Waals surface area (Å²) in [6, 6.07) is 7.92. The van der Waals surface area contributed by atoms with Gasteiger partial charge in [-0.1, -0.05) is 25.1 Å². The van der Waals surface area contributed by atoms with Gasteiger partial charge in [0.05, 0.1) is 17.6 Å². The van der Waals surface area contributed by atoms with E-state index in [0.29, 0.717) is 0 Å². The van der Waals surface area contributed by atoms with Crippen molar-refractivity contribution in [2.45, 2.75) is 32.4 Å². The number of rotatable bonds is 6. The Morgan fingerprint density at radius 1 is 1.41 bits per heavy atom. The van der Waals surface area contributed by atoms with Gasteiger partial charge in [-0.3, -0.25) is 14.3 Å². The molecule has 0 unspecified atom stereocenters.